The highest BCUT2D eigenvalue weighted by Gasteiger charge is 2.46. The van der Waals surface area contributed by atoms with Gasteiger partial charge in [0.25, 0.3) is 30.4 Å². The fourth-order valence-electron chi connectivity index (χ4n) is 1.99. The Morgan fingerprint density at radius 1 is 0.575 bits per heavy atom. The second kappa shape index (κ2) is 12.0. The lowest BCUT2D eigenvalue weighted by atomic mass is 10.3. The van der Waals surface area contributed by atoms with Crippen LogP contribution in [0.4, 0.5) is 58.4 Å². The summed E-state index contributed by atoms with van der Waals surface area (Å²) in [5.41, 5.74) is 3.37. The standard InChI is InChI=1S/C15H13F12NO9S3/c16-10(17)13(22,23)3-35-38(29,30)6-1-7(39(31,32)36-4-14(24,25)11(18)19)9(28)8(2-6)40(33,34)37-5-15(26,27)12(20)21/h1-2,10-12H,3-5,28H2. The van der Waals surface area contributed by atoms with Crippen LogP contribution in [-0.2, 0) is 42.9 Å². The average molecular weight is 675 g/mol. The van der Waals surface area contributed by atoms with Gasteiger partial charge in [0.15, 0.2) is 0 Å². The van der Waals surface area contributed by atoms with Crippen LogP contribution in [-0.4, -0.2) is 82.1 Å². The molecular formula is C15H13F12NO9S3. The van der Waals surface area contributed by atoms with Crippen molar-refractivity contribution in [3.05, 3.63) is 12.1 Å². The number of alkyl halides is 12. The van der Waals surface area contributed by atoms with Crippen molar-refractivity contribution in [2.75, 3.05) is 25.6 Å². The Labute approximate surface area is 216 Å². The van der Waals surface area contributed by atoms with Gasteiger partial charge in [0.2, 0.25) is 0 Å². The monoisotopic (exact) mass is 675 g/mol. The van der Waals surface area contributed by atoms with Gasteiger partial charge < -0.3 is 5.73 Å². The minimum atomic E-state index is -6.05. The average Bonchev–Trinajstić information content (AvgIpc) is 2.80. The van der Waals surface area contributed by atoms with Gasteiger partial charge in [0.05, 0.1) is 10.6 Å². The number of nitrogen functional groups attached to an aromatic ring is 1. The third-order valence-corrected chi connectivity index (χ3v) is 7.93. The summed E-state index contributed by atoms with van der Waals surface area (Å²) in [6.07, 6.45) is -13.7. The predicted molar refractivity (Wildman–Crippen MR) is 103 cm³/mol. The van der Waals surface area contributed by atoms with Crippen molar-refractivity contribution in [3.8, 4) is 0 Å². The van der Waals surface area contributed by atoms with Crippen molar-refractivity contribution in [1.82, 2.24) is 0 Å². The minimum absolute atomic E-state index is 0.367. The van der Waals surface area contributed by atoms with E-state index in [2.05, 4.69) is 12.5 Å². The van der Waals surface area contributed by atoms with Gasteiger partial charge in [-0.05, 0) is 12.1 Å². The Morgan fingerprint density at radius 2 is 0.825 bits per heavy atom. The third-order valence-electron chi connectivity index (χ3n) is 4.08. The molecule has 0 radical (unpaired) electrons. The van der Waals surface area contributed by atoms with Crippen molar-refractivity contribution in [1.29, 1.82) is 0 Å². The molecule has 0 bridgehead atoms. The quantitative estimate of drug-likeness (QED) is 0.167. The largest absolute Gasteiger partial charge is 0.396 e. The molecule has 0 spiro atoms. The van der Waals surface area contributed by atoms with E-state index in [9.17, 15) is 77.9 Å². The molecule has 1 aromatic rings. The lowest BCUT2D eigenvalue weighted by Gasteiger charge is -2.19. The maximum absolute atomic E-state index is 13.1. The Morgan fingerprint density at radius 3 is 1.07 bits per heavy atom. The van der Waals surface area contributed by atoms with E-state index in [0.29, 0.717) is 0 Å². The van der Waals surface area contributed by atoms with E-state index >= 15 is 0 Å². The Hall–Kier alpha value is -2.09. The number of rotatable bonds is 15. The number of hydrogen-bond acceptors (Lipinski definition) is 10. The van der Waals surface area contributed by atoms with Crippen LogP contribution in [0.1, 0.15) is 0 Å². The number of benzene rings is 1. The van der Waals surface area contributed by atoms with E-state index in [1.54, 1.807) is 0 Å². The predicted octanol–water partition coefficient (Wildman–Crippen LogP) is 3.09. The first-order valence-corrected chi connectivity index (χ1v) is 13.5. The molecule has 0 amide bonds. The maximum Gasteiger partial charge on any atom is 0.331 e. The fraction of sp³-hybridized carbons (Fsp3) is 0.600. The number of hydrogen-bond donors (Lipinski definition) is 1. The SMILES string of the molecule is Nc1c(S(=O)(=O)OCC(F)(F)C(F)F)cc(S(=O)(=O)OCC(F)(F)C(F)F)cc1S(=O)(=O)OCC(F)(F)C(F)F. The molecule has 0 aliphatic heterocycles. The smallest absolute Gasteiger partial charge is 0.331 e. The van der Waals surface area contributed by atoms with E-state index in [1.165, 1.54) is 0 Å². The molecule has 0 saturated carbocycles. The number of halogens is 12. The number of anilines is 1. The molecule has 25 heteroatoms. The molecule has 10 nitrogen and oxygen atoms in total. The molecule has 234 valence electrons. The molecule has 0 aliphatic carbocycles. The molecule has 0 saturated heterocycles. The van der Waals surface area contributed by atoms with Crippen LogP contribution in [0.15, 0.2) is 26.8 Å². The van der Waals surface area contributed by atoms with Gasteiger partial charge in [-0.3, -0.25) is 12.5 Å². The molecule has 2 N–H and O–H groups in total. The van der Waals surface area contributed by atoms with Gasteiger partial charge in [0.1, 0.15) is 29.6 Å². The molecule has 0 fully saturated rings. The molecule has 0 aliphatic rings. The van der Waals surface area contributed by atoms with Crippen molar-refractivity contribution in [3.63, 3.8) is 0 Å². The molecule has 40 heavy (non-hydrogen) atoms. The third kappa shape index (κ3) is 8.70. The Kier molecular flexibility index (Phi) is 10.8. The fourth-order valence-corrected chi connectivity index (χ4v) is 5.35. The summed E-state index contributed by atoms with van der Waals surface area (Å²) in [6, 6.07) is -0.734. The Balaban J connectivity index is 3.78. The zero-order valence-electron chi connectivity index (χ0n) is 18.5. The first-order chi connectivity index (χ1) is 17.7. The maximum atomic E-state index is 13.1. The van der Waals surface area contributed by atoms with E-state index in [4.69, 9.17) is 5.73 Å². The number of nitrogens with two attached hydrogens (primary N) is 1. The van der Waals surface area contributed by atoms with E-state index < -0.39 is 108 Å². The van der Waals surface area contributed by atoms with Crippen LogP contribution in [0.5, 0.6) is 0 Å². The Bertz CT molecular complexity index is 1310. The van der Waals surface area contributed by atoms with E-state index in [1.807, 2.05) is 0 Å². The molecule has 1 aromatic carbocycles. The second-order valence-corrected chi connectivity index (χ2v) is 12.0. The molecule has 0 heterocycles. The summed E-state index contributed by atoms with van der Waals surface area (Å²) in [6.45, 7) is -8.06. The van der Waals surface area contributed by atoms with Gasteiger partial charge in [-0.2, -0.15) is 51.6 Å². The molecule has 0 atom stereocenters. The van der Waals surface area contributed by atoms with Crippen LogP contribution < -0.4 is 5.73 Å². The van der Waals surface area contributed by atoms with E-state index in [-0.39, 0.29) is 12.1 Å². The molecule has 0 aromatic heterocycles. The van der Waals surface area contributed by atoms with Gasteiger partial charge >= 0.3 is 37.0 Å². The first kappa shape index (κ1) is 35.9. The van der Waals surface area contributed by atoms with Gasteiger partial charge in [-0.15, -0.1) is 0 Å². The van der Waals surface area contributed by atoms with Crippen LogP contribution in [0.3, 0.4) is 0 Å². The minimum Gasteiger partial charge on any atom is -0.396 e. The second-order valence-electron chi connectivity index (χ2n) is 7.17. The van der Waals surface area contributed by atoms with Crippen LogP contribution in [0.2, 0.25) is 0 Å². The normalized spacial score (nSPS) is 14.5. The van der Waals surface area contributed by atoms with Crippen LogP contribution in [0, 0.1) is 0 Å². The summed E-state index contributed by atoms with van der Waals surface area (Å²) < 4.78 is 237. The first-order valence-electron chi connectivity index (χ1n) is 9.29. The summed E-state index contributed by atoms with van der Waals surface area (Å²) in [5.74, 6) is -15.6. The molecule has 0 unspecified atom stereocenters. The highest BCUT2D eigenvalue weighted by Crippen LogP contribution is 2.35. The summed E-state index contributed by atoms with van der Waals surface area (Å²) in [4.78, 5) is -6.05. The van der Waals surface area contributed by atoms with Crippen LogP contribution >= 0.6 is 0 Å². The summed E-state index contributed by atoms with van der Waals surface area (Å²) in [5, 5.41) is 0. The van der Waals surface area contributed by atoms with Gasteiger partial charge in [-0.25, -0.2) is 26.3 Å². The highest BCUT2D eigenvalue weighted by atomic mass is 32.2. The van der Waals surface area contributed by atoms with Crippen LogP contribution in [0.25, 0.3) is 0 Å². The van der Waals surface area contributed by atoms with Crippen molar-refractivity contribution in [2.24, 2.45) is 0 Å². The lowest BCUT2D eigenvalue weighted by molar-refractivity contribution is -0.147. The van der Waals surface area contributed by atoms with Crippen molar-refractivity contribution in [2.45, 2.75) is 51.7 Å². The zero-order valence-corrected chi connectivity index (χ0v) is 21.0. The van der Waals surface area contributed by atoms with Crippen molar-refractivity contribution >= 4 is 36.0 Å². The van der Waals surface area contributed by atoms with Gasteiger partial charge in [0, 0.05) is 0 Å². The molecular weight excluding hydrogens is 662 g/mol. The molecule has 1 rings (SSSR count). The topological polar surface area (TPSA) is 156 Å². The summed E-state index contributed by atoms with van der Waals surface area (Å²) in [7, 11) is -18.1. The zero-order chi connectivity index (χ0) is 31.7. The van der Waals surface area contributed by atoms with E-state index in [0.717, 1.165) is 0 Å². The highest BCUT2D eigenvalue weighted by molar-refractivity contribution is 7.88. The van der Waals surface area contributed by atoms with Gasteiger partial charge in [-0.1, -0.05) is 0 Å². The van der Waals surface area contributed by atoms with Crippen molar-refractivity contribution < 1.29 is 90.5 Å². The summed E-state index contributed by atoms with van der Waals surface area (Å²) >= 11 is 0. The lowest BCUT2D eigenvalue weighted by Crippen LogP contribution is -2.34.